The van der Waals surface area contributed by atoms with Crippen molar-refractivity contribution in [3.8, 4) is 11.5 Å². The third-order valence-electron chi connectivity index (χ3n) is 7.83. The monoisotopic (exact) mass is 575 g/mol. The van der Waals surface area contributed by atoms with Gasteiger partial charge in [0.1, 0.15) is 11.3 Å². The Morgan fingerprint density at radius 2 is 1.90 bits per heavy atom. The van der Waals surface area contributed by atoms with Crippen LogP contribution in [0, 0.1) is 0 Å². The van der Waals surface area contributed by atoms with E-state index in [1.54, 1.807) is 7.11 Å². The van der Waals surface area contributed by atoms with E-state index in [9.17, 15) is 4.79 Å². The number of carbonyl (C=O) groups excluding carboxylic acids is 1. The summed E-state index contributed by atoms with van der Waals surface area (Å²) in [5.41, 5.74) is 1.18. The Labute approximate surface area is 244 Å². The number of carbonyl (C=O) groups is 1. The lowest BCUT2D eigenvalue weighted by molar-refractivity contribution is 0.0357. The summed E-state index contributed by atoms with van der Waals surface area (Å²) in [5, 5.41) is 4.28. The average molecular weight is 576 g/mol. The molecule has 2 saturated heterocycles. The van der Waals surface area contributed by atoms with E-state index in [0.717, 1.165) is 76.7 Å². The van der Waals surface area contributed by atoms with E-state index in [-0.39, 0.29) is 0 Å². The molecule has 3 aromatic rings. The fourth-order valence-corrected chi connectivity index (χ4v) is 5.50. The first-order valence-electron chi connectivity index (χ1n) is 14.5. The van der Waals surface area contributed by atoms with Crippen molar-refractivity contribution in [2.45, 2.75) is 13.0 Å². The fourth-order valence-electron chi connectivity index (χ4n) is 5.50. The predicted molar refractivity (Wildman–Crippen MR) is 158 cm³/mol. The van der Waals surface area contributed by atoms with Crippen LogP contribution in [-0.4, -0.2) is 115 Å². The number of benzene rings is 1. The predicted octanol–water partition coefficient (Wildman–Crippen LogP) is 1.37. The second-order valence-corrected chi connectivity index (χ2v) is 10.4. The summed E-state index contributed by atoms with van der Waals surface area (Å²) in [6.07, 6.45) is 5.80. The molecular formula is C29H37N9O4. The SMILES string of the molecule is C=CN1CCN(c2ncc(C(=O)N=c3nc4c(OC)c(OCCCN5CCOCC5)ccc4c4n3CCN4)cn2)CC1. The standard InChI is InChI=1S/C29H37N9O4/c1-3-35-10-12-37(13-11-35)28-31-19-21(20-32-28)27(39)34-29-33-24-22(26-30-7-9-38(26)29)5-6-23(25(24)40-2)42-16-4-8-36-14-17-41-18-15-36/h3,5-6,19-20,30H,1,4,7-18H2,2H3. The molecule has 5 heterocycles. The normalized spacial score (nSPS) is 17.7. The molecule has 0 aliphatic carbocycles. The molecule has 2 fully saturated rings. The Kier molecular flexibility index (Phi) is 8.47. The van der Waals surface area contributed by atoms with Gasteiger partial charge in [0.2, 0.25) is 11.6 Å². The summed E-state index contributed by atoms with van der Waals surface area (Å²) in [6.45, 7) is 13.4. The minimum absolute atomic E-state index is 0.292. The molecule has 0 saturated carbocycles. The first kappa shape index (κ1) is 27.9. The summed E-state index contributed by atoms with van der Waals surface area (Å²) in [4.78, 5) is 38.0. The number of nitrogens with zero attached hydrogens (tertiary/aromatic N) is 8. The fraction of sp³-hybridized carbons (Fsp3) is 0.483. The van der Waals surface area contributed by atoms with Gasteiger partial charge in [-0.25, -0.2) is 15.0 Å². The maximum atomic E-state index is 13.2. The largest absolute Gasteiger partial charge is 0.491 e. The lowest BCUT2D eigenvalue weighted by Gasteiger charge is -2.33. The summed E-state index contributed by atoms with van der Waals surface area (Å²) in [6, 6.07) is 3.88. The number of piperazine rings is 1. The maximum Gasteiger partial charge on any atom is 0.283 e. The van der Waals surface area contributed by atoms with Crippen LogP contribution in [0.5, 0.6) is 11.5 Å². The zero-order chi connectivity index (χ0) is 28.9. The van der Waals surface area contributed by atoms with Crippen molar-refractivity contribution in [1.82, 2.24) is 29.3 Å². The van der Waals surface area contributed by atoms with Crippen LogP contribution in [0.2, 0.25) is 0 Å². The number of fused-ring (bicyclic) bond motifs is 3. The maximum absolute atomic E-state index is 13.2. The Bertz CT molecular complexity index is 1490. The third kappa shape index (κ3) is 5.88. The van der Waals surface area contributed by atoms with E-state index in [4.69, 9.17) is 19.2 Å². The van der Waals surface area contributed by atoms with Crippen LogP contribution in [0.3, 0.4) is 0 Å². The van der Waals surface area contributed by atoms with Crippen molar-refractivity contribution in [3.05, 3.63) is 48.5 Å². The van der Waals surface area contributed by atoms with Gasteiger partial charge in [-0.3, -0.25) is 14.3 Å². The second-order valence-electron chi connectivity index (χ2n) is 10.4. The number of amides is 1. The zero-order valence-electron chi connectivity index (χ0n) is 24.0. The Hall–Kier alpha value is -4.23. The van der Waals surface area contributed by atoms with Crippen molar-refractivity contribution < 1.29 is 19.0 Å². The van der Waals surface area contributed by atoms with E-state index >= 15 is 0 Å². The van der Waals surface area contributed by atoms with E-state index in [1.165, 1.54) is 12.4 Å². The number of morpholine rings is 1. The minimum atomic E-state index is -0.457. The number of nitrogens with one attached hydrogen (secondary N) is 1. The first-order valence-corrected chi connectivity index (χ1v) is 14.5. The molecule has 13 nitrogen and oxygen atoms in total. The lowest BCUT2D eigenvalue weighted by Crippen LogP contribution is -2.44. The quantitative estimate of drug-likeness (QED) is 0.372. The smallest absolute Gasteiger partial charge is 0.283 e. The first-order chi connectivity index (χ1) is 20.6. The van der Waals surface area contributed by atoms with Gasteiger partial charge in [0, 0.05) is 76.7 Å². The van der Waals surface area contributed by atoms with Crippen molar-refractivity contribution in [2.75, 3.05) is 89.5 Å². The summed E-state index contributed by atoms with van der Waals surface area (Å²) in [5.74, 6) is 2.11. The minimum Gasteiger partial charge on any atom is -0.491 e. The average Bonchev–Trinajstić information content (AvgIpc) is 3.54. The highest BCUT2D eigenvalue weighted by Gasteiger charge is 2.22. The highest BCUT2D eigenvalue weighted by Crippen LogP contribution is 2.37. The molecule has 0 unspecified atom stereocenters. The molecule has 13 heteroatoms. The van der Waals surface area contributed by atoms with Gasteiger partial charge in [0.15, 0.2) is 11.5 Å². The molecule has 0 atom stereocenters. The molecule has 6 rings (SSSR count). The highest BCUT2D eigenvalue weighted by molar-refractivity contribution is 5.96. The van der Waals surface area contributed by atoms with E-state index < -0.39 is 5.91 Å². The van der Waals surface area contributed by atoms with Gasteiger partial charge in [-0.2, -0.15) is 4.99 Å². The Morgan fingerprint density at radius 1 is 1.12 bits per heavy atom. The van der Waals surface area contributed by atoms with Crippen LogP contribution in [0.25, 0.3) is 10.9 Å². The van der Waals surface area contributed by atoms with E-state index in [1.807, 2.05) is 22.9 Å². The van der Waals surface area contributed by atoms with Crippen LogP contribution in [0.1, 0.15) is 16.8 Å². The van der Waals surface area contributed by atoms with Gasteiger partial charge >= 0.3 is 0 Å². The van der Waals surface area contributed by atoms with Gasteiger partial charge in [-0.05, 0) is 24.8 Å². The summed E-state index contributed by atoms with van der Waals surface area (Å²) < 4.78 is 19.3. The lowest BCUT2D eigenvalue weighted by atomic mass is 10.2. The van der Waals surface area contributed by atoms with Gasteiger partial charge < -0.3 is 29.3 Å². The third-order valence-corrected chi connectivity index (χ3v) is 7.83. The summed E-state index contributed by atoms with van der Waals surface area (Å²) in [7, 11) is 1.60. The molecule has 0 spiro atoms. The zero-order valence-corrected chi connectivity index (χ0v) is 24.0. The Balaban J connectivity index is 1.22. The molecule has 1 amide bonds. The van der Waals surface area contributed by atoms with Crippen LogP contribution >= 0.6 is 0 Å². The van der Waals surface area contributed by atoms with Gasteiger partial charge in [-0.15, -0.1) is 0 Å². The number of hydrogen-bond acceptors (Lipinski definition) is 11. The van der Waals surface area contributed by atoms with E-state index in [0.29, 0.717) is 53.8 Å². The number of methoxy groups -OCH3 is 1. The second kappa shape index (κ2) is 12.7. The van der Waals surface area contributed by atoms with Gasteiger partial charge in [0.05, 0.1) is 32.5 Å². The summed E-state index contributed by atoms with van der Waals surface area (Å²) >= 11 is 0. The van der Waals surface area contributed by atoms with Crippen LogP contribution in [-0.2, 0) is 11.3 Å². The van der Waals surface area contributed by atoms with Crippen LogP contribution in [0.15, 0.2) is 42.3 Å². The Morgan fingerprint density at radius 3 is 2.64 bits per heavy atom. The van der Waals surface area contributed by atoms with Crippen LogP contribution < -0.4 is 25.3 Å². The number of rotatable bonds is 9. The molecule has 42 heavy (non-hydrogen) atoms. The highest BCUT2D eigenvalue weighted by atomic mass is 16.5. The molecule has 2 aromatic heterocycles. The molecule has 222 valence electrons. The molecule has 3 aliphatic heterocycles. The van der Waals surface area contributed by atoms with Crippen LogP contribution in [0.4, 0.5) is 11.8 Å². The molecule has 1 aromatic carbocycles. The van der Waals surface area contributed by atoms with Crippen molar-refractivity contribution in [2.24, 2.45) is 4.99 Å². The molecule has 0 bridgehead atoms. The van der Waals surface area contributed by atoms with Gasteiger partial charge in [0.25, 0.3) is 5.91 Å². The topological polar surface area (TPSA) is 122 Å². The molecular weight excluding hydrogens is 538 g/mol. The van der Waals surface area contributed by atoms with E-state index in [2.05, 4.69) is 41.6 Å². The molecule has 3 aliphatic rings. The number of anilines is 2. The molecule has 0 radical (unpaired) electrons. The molecule has 1 N–H and O–H groups in total. The van der Waals surface area contributed by atoms with Gasteiger partial charge in [-0.1, -0.05) is 6.58 Å². The number of ether oxygens (including phenoxy) is 3. The van der Waals surface area contributed by atoms with Crippen molar-refractivity contribution >= 4 is 28.6 Å². The number of aromatic nitrogens is 4. The van der Waals surface area contributed by atoms with Crippen molar-refractivity contribution in [1.29, 1.82) is 0 Å². The van der Waals surface area contributed by atoms with Crippen molar-refractivity contribution in [3.63, 3.8) is 0 Å². The number of hydrogen-bond donors (Lipinski definition) is 1.